The second-order valence-corrected chi connectivity index (χ2v) is 4.02. The van der Waals surface area contributed by atoms with Crippen molar-refractivity contribution in [3.05, 3.63) is 29.6 Å². The van der Waals surface area contributed by atoms with Crippen molar-refractivity contribution in [3.63, 3.8) is 0 Å². The van der Waals surface area contributed by atoms with E-state index in [4.69, 9.17) is 9.47 Å². The molecule has 1 aromatic heterocycles. The lowest BCUT2D eigenvalue weighted by Gasteiger charge is -2.02. The summed E-state index contributed by atoms with van der Waals surface area (Å²) in [5, 5.41) is 8.51. The van der Waals surface area contributed by atoms with Gasteiger partial charge >= 0.3 is 5.97 Å². The maximum absolute atomic E-state index is 12.0. The minimum atomic E-state index is -0.675. The van der Waals surface area contributed by atoms with E-state index in [0.29, 0.717) is 17.1 Å². The van der Waals surface area contributed by atoms with Crippen LogP contribution in [0.4, 0.5) is 5.95 Å². The highest BCUT2D eigenvalue weighted by molar-refractivity contribution is 6.04. The average molecular weight is 290 g/mol. The van der Waals surface area contributed by atoms with Gasteiger partial charge in [0.15, 0.2) is 11.5 Å². The molecule has 9 nitrogen and oxygen atoms in total. The molecule has 2 aromatic rings. The van der Waals surface area contributed by atoms with Gasteiger partial charge in [0.05, 0.1) is 7.11 Å². The summed E-state index contributed by atoms with van der Waals surface area (Å²) in [6.45, 7) is 0.129. The Hall–Kier alpha value is -3.10. The Morgan fingerprint density at radius 2 is 2.14 bits per heavy atom. The number of amides is 1. The molecular weight excluding hydrogens is 280 g/mol. The molecule has 0 saturated heterocycles. The Morgan fingerprint density at radius 1 is 1.33 bits per heavy atom. The molecule has 1 amide bonds. The number of fused-ring (bicyclic) bond motifs is 1. The van der Waals surface area contributed by atoms with Crippen LogP contribution in [0.1, 0.15) is 21.0 Å². The fourth-order valence-corrected chi connectivity index (χ4v) is 1.72. The van der Waals surface area contributed by atoms with Crippen LogP contribution in [0.25, 0.3) is 0 Å². The van der Waals surface area contributed by atoms with Crippen molar-refractivity contribution in [1.82, 2.24) is 15.2 Å². The molecule has 1 aromatic carbocycles. The molecule has 9 heteroatoms. The number of aromatic nitrogens is 3. The molecule has 0 atom stereocenters. The number of ether oxygens (including phenoxy) is 3. The van der Waals surface area contributed by atoms with Crippen LogP contribution < -0.4 is 14.8 Å². The number of H-pyrrole nitrogens is 1. The third-order valence-corrected chi connectivity index (χ3v) is 2.72. The Bertz CT molecular complexity index is 711. The van der Waals surface area contributed by atoms with Crippen LogP contribution in [-0.4, -0.2) is 41.0 Å². The van der Waals surface area contributed by atoms with Gasteiger partial charge in [0.2, 0.25) is 18.6 Å². The lowest BCUT2D eigenvalue weighted by Crippen LogP contribution is -2.13. The third kappa shape index (κ3) is 2.48. The minimum Gasteiger partial charge on any atom is -0.463 e. The number of hydrogen-bond acceptors (Lipinski definition) is 7. The molecule has 1 aliphatic heterocycles. The van der Waals surface area contributed by atoms with Gasteiger partial charge < -0.3 is 14.2 Å². The van der Waals surface area contributed by atoms with Crippen molar-refractivity contribution in [3.8, 4) is 11.5 Å². The molecular formula is C12H10N4O5. The Morgan fingerprint density at radius 3 is 2.95 bits per heavy atom. The Kier molecular flexibility index (Phi) is 3.14. The van der Waals surface area contributed by atoms with Crippen molar-refractivity contribution in [2.75, 3.05) is 19.2 Å². The van der Waals surface area contributed by atoms with Gasteiger partial charge in [0, 0.05) is 5.56 Å². The van der Waals surface area contributed by atoms with Crippen molar-refractivity contribution in [2.24, 2.45) is 0 Å². The summed E-state index contributed by atoms with van der Waals surface area (Å²) >= 11 is 0. The van der Waals surface area contributed by atoms with Gasteiger partial charge in [0.1, 0.15) is 0 Å². The first-order valence-corrected chi connectivity index (χ1v) is 5.89. The van der Waals surface area contributed by atoms with E-state index in [-0.39, 0.29) is 18.6 Å². The summed E-state index contributed by atoms with van der Waals surface area (Å²) < 4.78 is 14.8. The highest BCUT2D eigenvalue weighted by Crippen LogP contribution is 2.32. The zero-order valence-electron chi connectivity index (χ0n) is 10.9. The van der Waals surface area contributed by atoms with Crippen LogP contribution in [-0.2, 0) is 4.74 Å². The molecule has 1 aliphatic rings. The van der Waals surface area contributed by atoms with Crippen LogP contribution in [0.3, 0.4) is 0 Å². The minimum absolute atomic E-state index is 0.0296. The second-order valence-electron chi connectivity index (χ2n) is 4.02. The number of carbonyl (C=O) groups excluding carboxylic acids is 2. The molecule has 3 rings (SSSR count). The lowest BCUT2D eigenvalue weighted by molar-refractivity contribution is 0.0587. The van der Waals surface area contributed by atoms with Crippen LogP contribution in [0.5, 0.6) is 11.5 Å². The smallest absolute Gasteiger partial charge is 0.375 e. The summed E-state index contributed by atoms with van der Waals surface area (Å²) in [6, 6.07) is 4.76. The van der Waals surface area contributed by atoms with E-state index in [1.807, 2.05) is 0 Å². The molecule has 0 spiro atoms. The van der Waals surface area contributed by atoms with Crippen molar-refractivity contribution < 1.29 is 23.8 Å². The van der Waals surface area contributed by atoms with Crippen LogP contribution >= 0.6 is 0 Å². The van der Waals surface area contributed by atoms with Crippen LogP contribution in [0, 0.1) is 0 Å². The molecule has 0 radical (unpaired) electrons. The van der Waals surface area contributed by atoms with E-state index >= 15 is 0 Å². The zero-order chi connectivity index (χ0) is 14.8. The number of aromatic amines is 1. The van der Waals surface area contributed by atoms with Gasteiger partial charge in [-0.25, -0.2) is 4.79 Å². The van der Waals surface area contributed by atoms with E-state index in [1.54, 1.807) is 18.2 Å². The summed E-state index contributed by atoms with van der Waals surface area (Å²) in [4.78, 5) is 27.0. The standard InChI is InChI=1S/C12H10N4O5/c1-19-11(18)9-13-12(16-15-9)14-10(17)6-2-3-7-8(4-6)21-5-20-7/h2-4H,5H2,1H3,(H2,13,14,15,16,17). The molecule has 2 heterocycles. The van der Waals surface area contributed by atoms with E-state index in [0.717, 1.165) is 0 Å². The summed E-state index contributed by atoms with van der Waals surface area (Å²) in [7, 11) is 1.22. The first kappa shape index (κ1) is 12.9. The van der Waals surface area contributed by atoms with Gasteiger partial charge in [-0.2, -0.15) is 4.98 Å². The van der Waals surface area contributed by atoms with E-state index in [2.05, 4.69) is 25.2 Å². The SMILES string of the molecule is COC(=O)c1nc(NC(=O)c2ccc3c(c2)OCO3)n[nH]1. The normalized spacial score (nSPS) is 12.0. The largest absolute Gasteiger partial charge is 0.463 e. The fourth-order valence-electron chi connectivity index (χ4n) is 1.72. The van der Waals surface area contributed by atoms with Crippen molar-refractivity contribution in [1.29, 1.82) is 0 Å². The number of hydrogen-bond donors (Lipinski definition) is 2. The molecule has 0 aliphatic carbocycles. The predicted octanol–water partition coefficient (Wildman–Crippen LogP) is 0.572. The van der Waals surface area contributed by atoms with Gasteiger partial charge in [-0.05, 0) is 18.2 Å². The maximum Gasteiger partial charge on any atom is 0.375 e. The fraction of sp³-hybridized carbons (Fsp3) is 0.167. The van der Waals surface area contributed by atoms with E-state index in [9.17, 15) is 9.59 Å². The molecule has 0 fully saturated rings. The lowest BCUT2D eigenvalue weighted by atomic mass is 10.2. The molecule has 2 N–H and O–H groups in total. The molecule has 21 heavy (non-hydrogen) atoms. The van der Waals surface area contributed by atoms with Crippen molar-refractivity contribution >= 4 is 17.8 Å². The summed E-state index contributed by atoms with van der Waals surface area (Å²) in [5.41, 5.74) is 0.351. The Balaban J connectivity index is 1.74. The monoisotopic (exact) mass is 290 g/mol. The average Bonchev–Trinajstić information content (AvgIpc) is 3.14. The van der Waals surface area contributed by atoms with Gasteiger partial charge in [-0.1, -0.05) is 0 Å². The number of nitrogens with zero attached hydrogens (tertiary/aromatic N) is 2. The second kappa shape index (κ2) is 5.12. The van der Waals surface area contributed by atoms with E-state index in [1.165, 1.54) is 7.11 Å². The van der Waals surface area contributed by atoms with Crippen LogP contribution in [0.2, 0.25) is 0 Å². The number of nitrogens with one attached hydrogen (secondary N) is 2. The number of esters is 1. The number of rotatable bonds is 3. The molecule has 0 saturated carbocycles. The van der Waals surface area contributed by atoms with E-state index < -0.39 is 11.9 Å². The topological polar surface area (TPSA) is 115 Å². The number of carbonyl (C=O) groups is 2. The highest BCUT2D eigenvalue weighted by Gasteiger charge is 2.18. The highest BCUT2D eigenvalue weighted by atomic mass is 16.7. The molecule has 0 bridgehead atoms. The summed E-state index contributed by atoms with van der Waals surface area (Å²) in [5.74, 6) is -0.170. The first-order valence-electron chi connectivity index (χ1n) is 5.89. The quantitative estimate of drug-likeness (QED) is 0.794. The van der Waals surface area contributed by atoms with Gasteiger partial charge in [-0.15, -0.1) is 5.10 Å². The van der Waals surface area contributed by atoms with Gasteiger partial charge in [0.25, 0.3) is 5.91 Å². The first-order chi connectivity index (χ1) is 10.2. The Labute approximate surface area is 118 Å². The molecule has 108 valence electrons. The predicted molar refractivity (Wildman–Crippen MR) is 68.2 cm³/mol. The summed E-state index contributed by atoms with van der Waals surface area (Å²) in [6.07, 6.45) is 0. The third-order valence-electron chi connectivity index (χ3n) is 2.72. The number of methoxy groups -OCH3 is 1. The van der Waals surface area contributed by atoms with Gasteiger partial charge in [-0.3, -0.25) is 15.2 Å². The molecule has 0 unspecified atom stereocenters. The van der Waals surface area contributed by atoms with Crippen molar-refractivity contribution in [2.45, 2.75) is 0 Å². The maximum atomic E-state index is 12.0. The zero-order valence-corrected chi connectivity index (χ0v) is 10.9. The van der Waals surface area contributed by atoms with Crippen LogP contribution in [0.15, 0.2) is 18.2 Å². The number of anilines is 1. The number of benzene rings is 1.